The van der Waals surface area contributed by atoms with Crippen molar-refractivity contribution in [3.05, 3.63) is 35.9 Å². The van der Waals surface area contributed by atoms with Crippen LogP contribution in [0.1, 0.15) is 39.2 Å². The number of aliphatic hydroxyl groups excluding tert-OH is 1. The zero-order valence-corrected chi connectivity index (χ0v) is 12.5. The number of rotatable bonds is 7. The summed E-state index contributed by atoms with van der Waals surface area (Å²) < 4.78 is 5.47. The van der Waals surface area contributed by atoms with E-state index in [0.717, 1.165) is 18.4 Å². The minimum atomic E-state index is -0.493. The van der Waals surface area contributed by atoms with Crippen molar-refractivity contribution in [3.8, 4) is 0 Å². The molecule has 1 rings (SSSR count). The monoisotopic (exact) mass is 265 g/mol. The molecule has 0 saturated heterocycles. The van der Waals surface area contributed by atoms with Gasteiger partial charge in [0.05, 0.1) is 11.7 Å². The Morgan fingerprint density at radius 1 is 1.21 bits per heavy atom. The summed E-state index contributed by atoms with van der Waals surface area (Å²) in [6, 6.07) is 10.0. The van der Waals surface area contributed by atoms with Crippen molar-refractivity contribution in [2.24, 2.45) is 5.73 Å². The summed E-state index contributed by atoms with van der Waals surface area (Å²) in [6.45, 7) is 6.36. The molecule has 1 aromatic carbocycles. The lowest BCUT2D eigenvalue weighted by Gasteiger charge is -2.38. The number of methoxy groups -OCH3 is 1. The quantitative estimate of drug-likeness (QED) is 0.796. The highest BCUT2D eigenvalue weighted by Gasteiger charge is 2.37. The van der Waals surface area contributed by atoms with Crippen LogP contribution in [0, 0.1) is 0 Å². The standard InChI is InChI=1S/C16H27NO2/c1-13(18)16(12-17,11-10-15(2,3)19-4)14-8-6-5-7-9-14/h5-9,13,18H,10-12,17H2,1-4H3. The topological polar surface area (TPSA) is 55.5 Å². The Balaban J connectivity index is 3.01. The highest BCUT2D eigenvalue weighted by molar-refractivity contribution is 5.27. The third-order valence-corrected chi connectivity index (χ3v) is 4.24. The minimum Gasteiger partial charge on any atom is -0.392 e. The highest BCUT2D eigenvalue weighted by atomic mass is 16.5. The summed E-state index contributed by atoms with van der Waals surface area (Å²) in [5, 5.41) is 10.3. The normalized spacial score (nSPS) is 16.9. The fraction of sp³-hybridized carbons (Fsp3) is 0.625. The molecule has 3 heteroatoms. The second-order valence-electron chi connectivity index (χ2n) is 5.87. The number of benzene rings is 1. The van der Waals surface area contributed by atoms with Gasteiger partial charge >= 0.3 is 0 Å². The lowest BCUT2D eigenvalue weighted by Crippen LogP contribution is -2.46. The summed E-state index contributed by atoms with van der Waals surface area (Å²) in [7, 11) is 1.72. The van der Waals surface area contributed by atoms with E-state index >= 15 is 0 Å². The fourth-order valence-electron chi connectivity index (χ4n) is 2.38. The van der Waals surface area contributed by atoms with E-state index < -0.39 is 11.5 Å². The predicted molar refractivity (Wildman–Crippen MR) is 79.2 cm³/mol. The Morgan fingerprint density at radius 2 is 1.79 bits per heavy atom. The van der Waals surface area contributed by atoms with E-state index in [2.05, 4.69) is 13.8 Å². The van der Waals surface area contributed by atoms with Crippen LogP contribution >= 0.6 is 0 Å². The Bertz CT molecular complexity index is 376. The van der Waals surface area contributed by atoms with Gasteiger partial charge < -0.3 is 15.6 Å². The number of hydrogen-bond acceptors (Lipinski definition) is 3. The van der Waals surface area contributed by atoms with E-state index in [1.54, 1.807) is 7.11 Å². The third-order valence-electron chi connectivity index (χ3n) is 4.24. The number of nitrogens with two attached hydrogens (primary N) is 1. The van der Waals surface area contributed by atoms with Crippen molar-refractivity contribution >= 4 is 0 Å². The molecule has 0 amide bonds. The molecule has 0 aliphatic rings. The first kappa shape index (κ1) is 16.2. The first-order valence-electron chi connectivity index (χ1n) is 6.87. The van der Waals surface area contributed by atoms with Gasteiger partial charge in [0.15, 0.2) is 0 Å². The lowest BCUT2D eigenvalue weighted by molar-refractivity contribution is -0.000767. The summed E-state index contributed by atoms with van der Waals surface area (Å²) in [5.74, 6) is 0. The second-order valence-corrected chi connectivity index (χ2v) is 5.87. The molecule has 0 bridgehead atoms. The summed E-state index contributed by atoms with van der Waals surface area (Å²) in [5.41, 5.74) is 6.50. The van der Waals surface area contributed by atoms with Crippen molar-refractivity contribution < 1.29 is 9.84 Å². The second kappa shape index (κ2) is 6.51. The smallest absolute Gasteiger partial charge is 0.0623 e. The summed E-state index contributed by atoms with van der Waals surface area (Å²) in [4.78, 5) is 0. The predicted octanol–water partition coefficient (Wildman–Crippen LogP) is 2.47. The van der Waals surface area contributed by atoms with E-state index in [9.17, 15) is 5.11 Å². The molecule has 0 radical (unpaired) electrons. The van der Waals surface area contributed by atoms with Gasteiger partial charge in [-0.15, -0.1) is 0 Å². The SMILES string of the molecule is COC(C)(C)CCC(CN)(c1ccccc1)C(C)O. The number of hydrogen-bond donors (Lipinski definition) is 2. The van der Waals surface area contributed by atoms with E-state index in [1.807, 2.05) is 37.3 Å². The maximum Gasteiger partial charge on any atom is 0.0623 e. The van der Waals surface area contributed by atoms with Crippen molar-refractivity contribution in [2.45, 2.75) is 50.7 Å². The van der Waals surface area contributed by atoms with Crippen LogP contribution in [0.5, 0.6) is 0 Å². The molecule has 1 aromatic rings. The molecule has 0 aliphatic heterocycles. The van der Waals surface area contributed by atoms with E-state index in [-0.39, 0.29) is 5.60 Å². The molecule has 0 heterocycles. The highest BCUT2D eigenvalue weighted by Crippen LogP contribution is 2.34. The van der Waals surface area contributed by atoms with E-state index in [1.165, 1.54) is 0 Å². The molecule has 2 unspecified atom stereocenters. The zero-order valence-electron chi connectivity index (χ0n) is 12.5. The van der Waals surface area contributed by atoms with Crippen LogP contribution in [-0.2, 0) is 10.2 Å². The van der Waals surface area contributed by atoms with Crippen LogP contribution in [-0.4, -0.2) is 30.5 Å². The van der Waals surface area contributed by atoms with E-state index in [4.69, 9.17) is 10.5 Å². The molecule has 19 heavy (non-hydrogen) atoms. The molecule has 3 nitrogen and oxygen atoms in total. The van der Waals surface area contributed by atoms with E-state index in [0.29, 0.717) is 6.54 Å². The molecule has 2 atom stereocenters. The third kappa shape index (κ3) is 3.78. The molecular formula is C16H27NO2. The van der Waals surface area contributed by atoms with Gasteiger partial charge in [-0.2, -0.15) is 0 Å². The average molecular weight is 265 g/mol. The van der Waals surface area contributed by atoms with Crippen LogP contribution in [0.4, 0.5) is 0 Å². The van der Waals surface area contributed by atoms with Crippen LogP contribution in [0.25, 0.3) is 0 Å². The van der Waals surface area contributed by atoms with Gasteiger partial charge in [0, 0.05) is 19.1 Å². The van der Waals surface area contributed by atoms with Crippen LogP contribution in [0.15, 0.2) is 30.3 Å². The largest absolute Gasteiger partial charge is 0.392 e. The van der Waals surface area contributed by atoms with Gasteiger partial charge in [0.1, 0.15) is 0 Å². The van der Waals surface area contributed by atoms with Gasteiger partial charge in [0.25, 0.3) is 0 Å². The van der Waals surface area contributed by atoms with Crippen molar-refractivity contribution in [3.63, 3.8) is 0 Å². The summed E-state index contributed by atoms with van der Waals surface area (Å²) in [6.07, 6.45) is 1.15. The summed E-state index contributed by atoms with van der Waals surface area (Å²) >= 11 is 0. The van der Waals surface area contributed by atoms with Gasteiger partial charge in [-0.3, -0.25) is 0 Å². The molecule has 3 N–H and O–H groups in total. The van der Waals surface area contributed by atoms with Crippen molar-refractivity contribution in [1.82, 2.24) is 0 Å². The maximum absolute atomic E-state index is 10.3. The Labute approximate surface area is 116 Å². The van der Waals surface area contributed by atoms with Gasteiger partial charge in [-0.05, 0) is 39.2 Å². The average Bonchev–Trinajstić information content (AvgIpc) is 2.41. The molecule has 0 aliphatic carbocycles. The number of aliphatic hydroxyl groups is 1. The van der Waals surface area contributed by atoms with Crippen LogP contribution in [0.2, 0.25) is 0 Å². The first-order valence-corrected chi connectivity index (χ1v) is 6.87. The van der Waals surface area contributed by atoms with Crippen LogP contribution in [0.3, 0.4) is 0 Å². The van der Waals surface area contributed by atoms with Crippen molar-refractivity contribution in [2.75, 3.05) is 13.7 Å². The zero-order chi connectivity index (χ0) is 14.5. The molecule has 0 spiro atoms. The fourth-order valence-corrected chi connectivity index (χ4v) is 2.38. The Hall–Kier alpha value is -0.900. The van der Waals surface area contributed by atoms with Gasteiger partial charge in [-0.25, -0.2) is 0 Å². The Kier molecular flexibility index (Phi) is 5.53. The number of ether oxygens (including phenoxy) is 1. The van der Waals surface area contributed by atoms with Gasteiger partial charge in [-0.1, -0.05) is 30.3 Å². The molecule has 0 aromatic heterocycles. The van der Waals surface area contributed by atoms with Crippen LogP contribution < -0.4 is 5.73 Å². The first-order chi connectivity index (χ1) is 8.88. The molecule has 108 valence electrons. The maximum atomic E-state index is 10.3. The van der Waals surface area contributed by atoms with Crippen molar-refractivity contribution in [1.29, 1.82) is 0 Å². The Morgan fingerprint density at radius 3 is 2.21 bits per heavy atom. The minimum absolute atomic E-state index is 0.204. The van der Waals surface area contributed by atoms with Gasteiger partial charge in [0.2, 0.25) is 0 Å². The lowest BCUT2D eigenvalue weighted by atomic mass is 9.71. The molecule has 0 fully saturated rings. The molecule has 0 saturated carbocycles. The molecular weight excluding hydrogens is 238 g/mol.